The molecule has 0 bridgehead atoms. The molecule has 4 nitrogen and oxygen atoms in total. The van der Waals surface area contributed by atoms with E-state index in [0.29, 0.717) is 83.3 Å². The van der Waals surface area contributed by atoms with Gasteiger partial charge in [0.05, 0.1) is 67.2 Å². The van der Waals surface area contributed by atoms with Crippen LogP contribution in [0.2, 0.25) is 0 Å². The zero-order valence-electron chi connectivity index (χ0n) is 118. The van der Waals surface area contributed by atoms with E-state index in [1.54, 1.807) is 0 Å². The fourth-order valence-corrected chi connectivity index (χ4v) is 15.5. The van der Waals surface area contributed by atoms with E-state index in [1.807, 2.05) is 145 Å². The Morgan fingerprint density at radius 1 is 0.193 bits per heavy atom. The number of para-hydroxylation sites is 5. The average Bonchev–Trinajstić information content (AvgIpc) is 1.57. The van der Waals surface area contributed by atoms with Gasteiger partial charge in [0.2, 0.25) is 0 Å². The summed E-state index contributed by atoms with van der Waals surface area (Å²) >= 11 is 3.35. The van der Waals surface area contributed by atoms with E-state index in [4.69, 9.17) is 84.8 Å². The van der Waals surface area contributed by atoms with E-state index >= 15 is 0 Å². The second-order valence-electron chi connectivity index (χ2n) is 35.1. The molecule has 0 amide bonds. The molecule has 0 aliphatic rings. The second-order valence-corrected chi connectivity index (χ2v) is 38.1. The molecule has 0 aliphatic carbocycles. The first-order chi connectivity index (χ1) is 76.9. The average molecular weight is 1670 g/mol. The summed E-state index contributed by atoms with van der Waals surface area (Å²) in [7, 11) is 0. The fraction of sp³-hybridized carbons (Fsp3) is 0.250. The minimum atomic E-state index is -0.563. The summed E-state index contributed by atoms with van der Waals surface area (Å²) in [5, 5.41) is 2.99. The van der Waals surface area contributed by atoms with Crippen LogP contribution < -0.4 is 0 Å². The standard InChI is InChI=1S/4C16H16O.3C16H16S/c1-16(2,3)13-9-6-8-12-11-7-4-5-10-14(11)17-15(12)13;1-16(2,3)12-8-6-10-14-15(12)11-7-4-5-9-13(11)17-14;1-16(2,3)11-8-9-15-13(10-11)12-6-4-5-7-14(12)17-15;1-16(2,3)11-8-9-13-12-6-4-5-7-14(12)17-15(13)10-11;1-16(2,3)13-9-6-8-12-11-7-4-5-10-14(11)17-15(12)13;1-16(2,3)11-8-9-15-13(10-11)12-6-4-5-7-14(12)17-15;1-16(2,3)11-8-9-13-12-6-4-5-7-14(12)17-15(13)10-11/h7*4-10H,1-3H3/i7*4D,5D,6D,7D,8D,9D,10D. The number of furan rings is 4. The lowest BCUT2D eigenvalue weighted by atomic mass is 9.84. The molecule has 0 atom stereocenters. The lowest BCUT2D eigenvalue weighted by Crippen LogP contribution is -2.11. The third-order valence-electron chi connectivity index (χ3n) is 18.6. The van der Waals surface area contributed by atoms with Crippen molar-refractivity contribution in [2.24, 2.45) is 0 Å². The van der Waals surface area contributed by atoms with Gasteiger partial charge in [-0.3, -0.25) is 0 Å². The van der Waals surface area contributed by atoms with Gasteiger partial charge in [-0.15, -0.1) is 34.0 Å². The number of hydrogen-bond acceptors (Lipinski definition) is 7. The van der Waals surface area contributed by atoms with E-state index in [-0.39, 0.29) is 358 Å². The van der Waals surface area contributed by atoms with Crippen molar-refractivity contribution in [2.45, 2.75) is 183 Å². The Morgan fingerprint density at radius 3 is 1.07 bits per heavy atom. The molecule has 14 aromatic carbocycles. The van der Waals surface area contributed by atoms with Crippen molar-refractivity contribution >= 4 is 182 Å². The highest BCUT2D eigenvalue weighted by atomic mass is 32.1. The van der Waals surface area contributed by atoms with Crippen LogP contribution in [0, 0.1) is 0 Å². The van der Waals surface area contributed by atoms with Crippen LogP contribution in [0.1, 0.15) is 252 Å². The van der Waals surface area contributed by atoms with Gasteiger partial charge in [0.25, 0.3) is 0 Å². The van der Waals surface area contributed by atoms with Gasteiger partial charge in [-0.05, 0) is 156 Å². The third-order valence-corrected chi connectivity index (χ3v) is 21.8. The van der Waals surface area contributed by atoms with Crippen LogP contribution in [0.15, 0.2) is 314 Å². The molecule has 0 unspecified atom stereocenters. The Morgan fingerprint density at radius 2 is 0.513 bits per heavy atom. The molecule has 7 heterocycles. The maximum atomic E-state index is 8.57. The van der Waals surface area contributed by atoms with Crippen molar-refractivity contribution in [2.75, 3.05) is 0 Å². The molecule has 0 radical (unpaired) electrons. The quantitative estimate of drug-likeness (QED) is 0.152. The first-order valence-electron chi connectivity index (χ1n) is 62.4. The molecule has 0 saturated heterocycles. The number of rotatable bonds is 0. The van der Waals surface area contributed by atoms with Crippen LogP contribution in [0.4, 0.5) is 0 Å². The third kappa shape index (κ3) is 17.7. The summed E-state index contributed by atoms with van der Waals surface area (Å²) in [6.07, 6.45) is 0. The van der Waals surface area contributed by atoms with Crippen LogP contribution in [-0.2, 0) is 37.9 Å². The second kappa shape index (κ2) is 32.6. The maximum absolute atomic E-state index is 8.57. The van der Waals surface area contributed by atoms with Crippen LogP contribution in [0.5, 0.6) is 0 Å². The smallest absolute Gasteiger partial charge is 0.139 e. The van der Waals surface area contributed by atoms with Crippen molar-refractivity contribution < 1.29 is 84.8 Å². The van der Waals surface area contributed by atoms with Crippen LogP contribution >= 0.6 is 34.0 Å². The lowest BCUT2D eigenvalue weighted by Gasteiger charge is -2.19. The van der Waals surface area contributed by atoms with Gasteiger partial charge in [-0.2, -0.15) is 0 Å². The normalized spacial score (nSPS) is 18.2. The van der Waals surface area contributed by atoms with Gasteiger partial charge >= 0.3 is 0 Å². The zero-order valence-corrected chi connectivity index (χ0v) is 71.8. The number of hydrogen-bond donors (Lipinski definition) is 0. The molecule has 0 aliphatic heterocycles. The van der Waals surface area contributed by atoms with E-state index in [2.05, 4.69) is 0 Å². The molecule has 0 spiro atoms. The SMILES string of the molecule is [2H]c1c([2H])c([2H])c2c(oc3c(C(C)(C)C)c([2H])c([2H])c([2H])c32)c1[2H].[2H]c1c([2H])c([2H])c2c(oc3c([2H])c(C(C)(C)C)c([2H])c([2H])c32)c1[2H].[2H]c1c([2H])c([2H])c2c(oc3c([2H])c([2H])c(C(C)(C)C)c([2H])c32)c1[2H].[2H]c1c([2H])c([2H])c2c(oc3c([2H])c([2H])c([2H])c(C(C)(C)C)c32)c1[2H].[2H]c1c([2H])c([2H])c2c(sc3c(C(C)(C)C)c([2H])c([2H])c([2H])c32)c1[2H].[2H]c1c([2H])c([2H])c2c(sc3c([2H])c(C(C)(C)C)c([2H])c([2H])c32)c1[2H].[2H]c1c([2H])c([2H])c2c(sc3c([2H])c([2H])c(C(C)(C)C)c([2H])c32)c1[2H]. The van der Waals surface area contributed by atoms with Crippen molar-refractivity contribution in [3.8, 4) is 0 Å². The molecule has 21 rings (SSSR count). The van der Waals surface area contributed by atoms with Gasteiger partial charge in [0.1, 0.15) is 44.7 Å². The van der Waals surface area contributed by atoms with Gasteiger partial charge in [0, 0.05) is 109 Å². The number of fused-ring (bicyclic) bond motifs is 21. The molecule has 7 heteroatoms. The highest BCUT2D eigenvalue weighted by Crippen LogP contribution is 2.44. The lowest BCUT2D eigenvalue weighted by molar-refractivity contribution is 0.573. The molecule has 0 N–H and O–H groups in total. The Kier molecular flexibility index (Phi) is 11.6. The predicted molar refractivity (Wildman–Crippen MR) is 524 cm³/mol. The van der Waals surface area contributed by atoms with Crippen molar-refractivity contribution in [3.05, 3.63) is 335 Å². The van der Waals surface area contributed by atoms with Crippen molar-refractivity contribution in [1.29, 1.82) is 0 Å². The van der Waals surface area contributed by atoms with Crippen LogP contribution in [-0.4, -0.2) is 0 Å². The van der Waals surface area contributed by atoms with Gasteiger partial charge in [-0.1, -0.05) is 357 Å². The number of benzene rings is 14. The highest BCUT2D eigenvalue weighted by Gasteiger charge is 2.25. The topological polar surface area (TPSA) is 52.6 Å². The molecule has 119 heavy (non-hydrogen) atoms. The Labute approximate surface area is 783 Å². The molecule has 21 aromatic rings. The molecule has 0 saturated carbocycles. The van der Waals surface area contributed by atoms with Crippen molar-refractivity contribution in [3.63, 3.8) is 0 Å². The zero-order chi connectivity index (χ0) is 127. The maximum Gasteiger partial charge on any atom is 0.139 e. The summed E-state index contributed by atoms with van der Waals surface area (Å²) in [6.45, 7) is 39.1. The molecular formula is C112H112O4S3. The van der Waals surface area contributed by atoms with Gasteiger partial charge in [0.15, 0.2) is 0 Å². The summed E-state index contributed by atoms with van der Waals surface area (Å²) < 4.78 is 422. The minimum absolute atomic E-state index is 0.0122. The first kappa shape index (κ1) is 42.2. The Balaban J connectivity index is 0.000000144. The highest BCUT2D eigenvalue weighted by molar-refractivity contribution is 7.26. The van der Waals surface area contributed by atoms with Gasteiger partial charge in [-0.25, -0.2) is 0 Å². The largest absolute Gasteiger partial charge is 0.456 e. The van der Waals surface area contributed by atoms with Crippen molar-refractivity contribution in [1.82, 2.24) is 0 Å². The monoisotopic (exact) mass is 1670 g/mol. The Bertz CT molecular complexity index is 9750. The predicted octanol–water partition coefficient (Wildman–Crippen LogP) is 35.6. The van der Waals surface area contributed by atoms with E-state index in [0.717, 1.165) is 22.7 Å². The molecule has 602 valence electrons. The summed E-state index contributed by atoms with van der Waals surface area (Å²) in [5.41, 5.74) is -0.634. The Hall–Kier alpha value is -11.1. The minimum Gasteiger partial charge on any atom is -0.456 e. The van der Waals surface area contributed by atoms with Crippen LogP contribution in [0.25, 0.3) is 148 Å². The molecule has 7 aromatic heterocycles. The van der Waals surface area contributed by atoms with E-state index in [9.17, 15) is 0 Å². The molecular weight excluding hydrogens is 1510 g/mol. The number of thiophene rings is 3. The molecule has 0 fully saturated rings. The first-order valence-corrected chi connectivity index (χ1v) is 40.3. The fourth-order valence-electron chi connectivity index (χ4n) is 12.3. The summed E-state index contributed by atoms with van der Waals surface area (Å²) in [4.78, 5) is 0. The summed E-state index contributed by atoms with van der Waals surface area (Å²) in [5.74, 6) is 0. The van der Waals surface area contributed by atoms with Crippen LogP contribution in [0.3, 0.4) is 0 Å². The summed E-state index contributed by atoms with van der Waals surface area (Å²) in [6, 6.07) is -11.2. The van der Waals surface area contributed by atoms with Gasteiger partial charge < -0.3 is 17.7 Å². The van der Waals surface area contributed by atoms with E-state index < -0.39 is 80.2 Å². The van der Waals surface area contributed by atoms with E-state index in [1.165, 1.54) is 11.3 Å².